The molecule has 1 saturated heterocycles. The van der Waals surface area contributed by atoms with E-state index in [0.29, 0.717) is 25.2 Å². The van der Waals surface area contributed by atoms with Crippen molar-refractivity contribution < 1.29 is 14.3 Å². The van der Waals surface area contributed by atoms with Gasteiger partial charge in [-0.05, 0) is 44.9 Å². The van der Waals surface area contributed by atoms with Crippen LogP contribution >= 0.6 is 0 Å². The minimum Gasteiger partial charge on any atom is -0.378 e. The van der Waals surface area contributed by atoms with Crippen LogP contribution in [0.4, 0.5) is 4.79 Å². The Bertz CT molecular complexity index is 447. The lowest BCUT2D eigenvalue weighted by Gasteiger charge is -2.32. The van der Waals surface area contributed by atoms with Crippen LogP contribution in [0, 0.1) is 5.92 Å². The van der Waals surface area contributed by atoms with Crippen LogP contribution in [0.2, 0.25) is 0 Å². The molecule has 2 saturated carbocycles. The zero-order chi connectivity index (χ0) is 17.5. The standard InChI is InChI=1S/C19H33N3O3/c23-18(21-16-9-10-16)15-6-4-12-22(14-15)19(24)20-11-5-13-25-17-7-2-1-3-8-17/h15-17H,1-14H2,(H,20,24)(H,21,23). The molecule has 0 aromatic rings. The molecule has 1 atom stereocenters. The maximum atomic E-state index is 12.3. The summed E-state index contributed by atoms with van der Waals surface area (Å²) in [5.74, 6) is 0.0793. The second-order valence-electron chi connectivity index (χ2n) is 7.78. The molecule has 0 bridgehead atoms. The number of carbonyl (C=O) groups excluding carboxylic acids is 2. The van der Waals surface area contributed by atoms with E-state index in [1.165, 1.54) is 32.1 Å². The highest BCUT2D eigenvalue weighted by Gasteiger charge is 2.31. The number of nitrogens with zero attached hydrogens (tertiary/aromatic N) is 1. The molecule has 0 aromatic carbocycles. The molecule has 3 aliphatic rings. The number of likely N-dealkylation sites (tertiary alicyclic amines) is 1. The third-order valence-electron chi connectivity index (χ3n) is 5.51. The van der Waals surface area contributed by atoms with E-state index in [2.05, 4.69) is 10.6 Å². The summed E-state index contributed by atoms with van der Waals surface area (Å²) in [5.41, 5.74) is 0. The average molecular weight is 351 g/mol. The van der Waals surface area contributed by atoms with Gasteiger partial charge in [0.15, 0.2) is 0 Å². The van der Waals surface area contributed by atoms with Crippen molar-refractivity contribution in [3.05, 3.63) is 0 Å². The maximum Gasteiger partial charge on any atom is 0.317 e. The van der Waals surface area contributed by atoms with Gasteiger partial charge in [0.2, 0.25) is 5.91 Å². The molecule has 0 spiro atoms. The number of amides is 3. The first kappa shape index (κ1) is 18.5. The minimum absolute atomic E-state index is 0.0402. The zero-order valence-corrected chi connectivity index (χ0v) is 15.3. The predicted octanol–water partition coefficient (Wildman–Crippen LogP) is 2.43. The molecule has 2 aliphatic carbocycles. The van der Waals surface area contributed by atoms with Gasteiger partial charge < -0.3 is 20.3 Å². The lowest BCUT2D eigenvalue weighted by atomic mass is 9.97. The van der Waals surface area contributed by atoms with Gasteiger partial charge in [0.1, 0.15) is 0 Å². The minimum atomic E-state index is -0.0465. The van der Waals surface area contributed by atoms with Crippen LogP contribution < -0.4 is 10.6 Å². The molecule has 1 heterocycles. The Morgan fingerprint density at radius 2 is 1.80 bits per heavy atom. The molecule has 142 valence electrons. The summed E-state index contributed by atoms with van der Waals surface area (Å²) in [6.07, 6.45) is 11.5. The van der Waals surface area contributed by atoms with E-state index in [9.17, 15) is 9.59 Å². The van der Waals surface area contributed by atoms with Crippen molar-refractivity contribution in [1.29, 1.82) is 0 Å². The zero-order valence-electron chi connectivity index (χ0n) is 15.3. The Morgan fingerprint density at radius 1 is 1.00 bits per heavy atom. The van der Waals surface area contributed by atoms with Crippen molar-refractivity contribution in [2.45, 2.75) is 76.4 Å². The SMILES string of the molecule is O=C(NC1CC1)C1CCCN(C(=O)NCCCOC2CCCCC2)C1. The number of ether oxygens (including phenoxy) is 1. The molecule has 1 unspecified atom stereocenters. The van der Waals surface area contributed by atoms with Crippen molar-refractivity contribution in [2.24, 2.45) is 5.92 Å². The van der Waals surface area contributed by atoms with Gasteiger partial charge in [-0.3, -0.25) is 4.79 Å². The summed E-state index contributed by atoms with van der Waals surface area (Å²) in [7, 11) is 0. The predicted molar refractivity (Wildman–Crippen MR) is 96.3 cm³/mol. The maximum absolute atomic E-state index is 12.3. The molecule has 0 aromatic heterocycles. The number of piperidine rings is 1. The second kappa shape index (κ2) is 9.41. The molecule has 6 nitrogen and oxygen atoms in total. The fourth-order valence-corrected chi connectivity index (χ4v) is 3.78. The number of urea groups is 1. The second-order valence-corrected chi connectivity index (χ2v) is 7.78. The number of carbonyl (C=O) groups is 2. The lowest BCUT2D eigenvalue weighted by molar-refractivity contribution is -0.126. The van der Waals surface area contributed by atoms with Gasteiger partial charge in [-0.15, -0.1) is 0 Å². The van der Waals surface area contributed by atoms with E-state index in [-0.39, 0.29) is 17.9 Å². The van der Waals surface area contributed by atoms with Crippen molar-refractivity contribution >= 4 is 11.9 Å². The Kier molecular flexibility index (Phi) is 6.96. The highest BCUT2D eigenvalue weighted by Crippen LogP contribution is 2.22. The average Bonchev–Trinajstić information content (AvgIpc) is 3.46. The van der Waals surface area contributed by atoms with Crippen molar-refractivity contribution in [2.75, 3.05) is 26.2 Å². The number of nitrogens with one attached hydrogen (secondary N) is 2. The van der Waals surface area contributed by atoms with Gasteiger partial charge in [-0.2, -0.15) is 0 Å². The van der Waals surface area contributed by atoms with Crippen molar-refractivity contribution in [1.82, 2.24) is 15.5 Å². The molecular weight excluding hydrogens is 318 g/mol. The topological polar surface area (TPSA) is 70.7 Å². The first-order valence-corrected chi connectivity index (χ1v) is 10.2. The van der Waals surface area contributed by atoms with Gasteiger partial charge in [-0.25, -0.2) is 4.79 Å². The van der Waals surface area contributed by atoms with E-state index >= 15 is 0 Å². The quantitative estimate of drug-likeness (QED) is 0.692. The van der Waals surface area contributed by atoms with E-state index in [1.807, 2.05) is 0 Å². The third kappa shape index (κ3) is 6.17. The van der Waals surface area contributed by atoms with Crippen LogP contribution in [-0.2, 0) is 9.53 Å². The summed E-state index contributed by atoms with van der Waals surface area (Å²) >= 11 is 0. The van der Waals surface area contributed by atoms with Gasteiger partial charge in [0.25, 0.3) is 0 Å². The van der Waals surface area contributed by atoms with Crippen molar-refractivity contribution in [3.8, 4) is 0 Å². The third-order valence-corrected chi connectivity index (χ3v) is 5.51. The summed E-state index contributed by atoms with van der Waals surface area (Å²) < 4.78 is 5.88. The van der Waals surface area contributed by atoms with Gasteiger partial charge in [0.05, 0.1) is 12.0 Å². The van der Waals surface area contributed by atoms with E-state index < -0.39 is 0 Å². The first-order chi connectivity index (χ1) is 12.2. The highest BCUT2D eigenvalue weighted by molar-refractivity contribution is 5.81. The summed E-state index contributed by atoms with van der Waals surface area (Å²) in [4.78, 5) is 26.3. The molecule has 2 N–H and O–H groups in total. The fraction of sp³-hybridized carbons (Fsp3) is 0.895. The molecule has 0 radical (unpaired) electrons. The highest BCUT2D eigenvalue weighted by atomic mass is 16.5. The Hall–Kier alpha value is -1.30. The summed E-state index contributed by atoms with van der Waals surface area (Å²) in [5, 5.41) is 6.04. The number of hydrogen-bond donors (Lipinski definition) is 2. The smallest absolute Gasteiger partial charge is 0.317 e. The lowest BCUT2D eigenvalue weighted by Crippen LogP contribution is -2.49. The summed E-state index contributed by atoms with van der Waals surface area (Å²) in [6, 6.07) is 0.349. The van der Waals surface area contributed by atoms with E-state index in [1.54, 1.807) is 4.90 Å². The fourth-order valence-electron chi connectivity index (χ4n) is 3.78. The van der Waals surface area contributed by atoms with Gasteiger partial charge in [-0.1, -0.05) is 19.3 Å². The molecule has 3 fully saturated rings. The summed E-state index contributed by atoms with van der Waals surface area (Å²) in [6.45, 7) is 2.65. The monoisotopic (exact) mass is 351 g/mol. The van der Waals surface area contributed by atoms with Crippen molar-refractivity contribution in [3.63, 3.8) is 0 Å². The Morgan fingerprint density at radius 3 is 2.56 bits per heavy atom. The Labute approximate surface area is 151 Å². The Balaban J connectivity index is 1.28. The van der Waals surface area contributed by atoms with Gasteiger partial charge >= 0.3 is 6.03 Å². The molecular formula is C19H33N3O3. The molecule has 3 amide bonds. The van der Waals surface area contributed by atoms with Crippen LogP contribution in [-0.4, -0.2) is 55.2 Å². The molecule has 1 aliphatic heterocycles. The van der Waals surface area contributed by atoms with Crippen LogP contribution in [0.5, 0.6) is 0 Å². The number of rotatable bonds is 7. The molecule has 3 rings (SSSR count). The number of hydrogen-bond acceptors (Lipinski definition) is 3. The first-order valence-electron chi connectivity index (χ1n) is 10.2. The molecule has 6 heteroatoms. The van der Waals surface area contributed by atoms with Crippen LogP contribution in [0.3, 0.4) is 0 Å². The van der Waals surface area contributed by atoms with E-state index in [4.69, 9.17) is 4.74 Å². The van der Waals surface area contributed by atoms with Crippen LogP contribution in [0.15, 0.2) is 0 Å². The van der Waals surface area contributed by atoms with E-state index in [0.717, 1.165) is 45.3 Å². The molecule has 25 heavy (non-hydrogen) atoms. The largest absolute Gasteiger partial charge is 0.378 e. The van der Waals surface area contributed by atoms with Crippen LogP contribution in [0.25, 0.3) is 0 Å². The normalized spacial score (nSPS) is 24.8. The van der Waals surface area contributed by atoms with Crippen LogP contribution in [0.1, 0.15) is 64.2 Å². The van der Waals surface area contributed by atoms with Gasteiger partial charge in [0, 0.05) is 32.3 Å².